The fraction of sp³-hybridized carbons (Fsp3) is 0.167. The van der Waals surface area contributed by atoms with Crippen molar-refractivity contribution in [3.8, 4) is 0 Å². The average Bonchev–Trinajstić information content (AvgIpc) is 2.89. The van der Waals surface area contributed by atoms with Crippen LogP contribution < -0.4 is 4.90 Å². The van der Waals surface area contributed by atoms with Crippen LogP contribution in [0.2, 0.25) is 0 Å². The van der Waals surface area contributed by atoms with Gasteiger partial charge in [-0.2, -0.15) is 5.10 Å². The van der Waals surface area contributed by atoms with E-state index in [1.807, 2.05) is 36.4 Å². The zero-order valence-corrected chi connectivity index (χ0v) is 9.89. The quantitative estimate of drug-likeness (QED) is 0.845. The normalized spacial score (nSPS) is 10.2. The summed E-state index contributed by atoms with van der Waals surface area (Å²) in [5.41, 5.74) is 1.69. The van der Waals surface area contributed by atoms with Crippen molar-refractivity contribution in [3.63, 3.8) is 0 Å². The Morgan fingerprint density at radius 1 is 1.29 bits per heavy atom. The van der Waals surface area contributed by atoms with Gasteiger partial charge in [0.1, 0.15) is 5.88 Å². The number of carbonyl (C=O) groups is 1. The maximum absolute atomic E-state index is 11.8. The molecule has 4 nitrogen and oxygen atoms in total. The molecule has 0 aliphatic rings. The maximum Gasteiger partial charge on any atom is 0.242 e. The molecular weight excluding hydrogens is 238 g/mol. The van der Waals surface area contributed by atoms with Gasteiger partial charge in [0.15, 0.2) is 0 Å². The molecule has 2 aromatic rings. The fourth-order valence-electron chi connectivity index (χ4n) is 1.55. The third kappa shape index (κ3) is 2.85. The molecule has 1 aromatic heterocycles. The number of aromatic nitrogens is 2. The molecule has 5 heteroatoms. The third-order valence-corrected chi connectivity index (χ3v) is 2.60. The van der Waals surface area contributed by atoms with Crippen LogP contribution in [0.5, 0.6) is 0 Å². The second-order valence-electron chi connectivity index (χ2n) is 3.53. The van der Waals surface area contributed by atoms with E-state index in [-0.39, 0.29) is 11.8 Å². The Morgan fingerprint density at radius 3 is 2.65 bits per heavy atom. The smallest absolute Gasteiger partial charge is 0.242 e. The lowest BCUT2D eigenvalue weighted by Crippen LogP contribution is -2.31. The number of nitrogens with one attached hydrogen (secondary N) is 1. The Labute approximate surface area is 104 Å². The van der Waals surface area contributed by atoms with E-state index < -0.39 is 0 Å². The molecule has 0 bridgehead atoms. The SMILES string of the molecule is O=C(CCl)N(Cc1ccn[nH]1)c1ccccc1. The third-order valence-electron chi connectivity index (χ3n) is 2.37. The molecule has 2 rings (SSSR count). The van der Waals surface area contributed by atoms with E-state index in [2.05, 4.69) is 10.2 Å². The number of para-hydroxylation sites is 1. The molecule has 88 valence electrons. The van der Waals surface area contributed by atoms with Crippen LogP contribution in [0.4, 0.5) is 5.69 Å². The van der Waals surface area contributed by atoms with Crippen molar-refractivity contribution in [2.24, 2.45) is 0 Å². The number of carbonyl (C=O) groups excluding carboxylic acids is 1. The van der Waals surface area contributed by atoms with Crippen molar-refractivity contribution in [1.29, 1.82) is 0 Å². The minimum Gasteiger partial charge on any atom is -0.305 e. The summed E-state index contributed by atoms with van der Waals surface area (Å²) in [6, 6.07) is 11.3. The van der Waals surface area contributed by atoms with Crippen LogP contribution in [0.15, 0.2) is 42.6 Å². The number of anilines is 1. The number of benzene rings is 1. The van der Waals surface area contributed by atoms with Gasteiger partial charge in [0, 0.05) is 11.9 Å². The molecule has 0 unspecified atom stereocenters. The van der Waals surface area contributed by atoms with Gasteiger partial charge in [0.05, 0.1) is 12.2 Å². The number of halogens is 1. The van der Waals surface area contributed by atoms with E-state index in [1.54, 1.807) is 11.1 Å². The molecule has 17 heavy (non-hydrogen) atoms. The van der Waals surface area contributed by atoms with Gasteiger partial charge in [0.25, 0.3) is 0 Å². The second kappa shape index (κ2) is 5.50. The standard InChI is InChI=1S/C12H12ClN3O/c13-8-12(17)16(9-10-6-7-14-15-10)11-4-2-1-3-5-11/h1-7H,8-9H2,(H,14,15). The van der Waals surface area contributed by atoms with Crippen LogP contribution in [-0.4, -0.2) is 22.0 Å². The molecule has 1 N–H and O–H groups in total. The van der Waals surface area contributed by atoms with Crippen molar-refractivity contribution in [2.45, 2.75) is 6.54 Å². The molecule has 0 aliphatic heterocycles. The highest BCUT2D eigenvalue weighted by atomic mass is 35.5. The number of H-pyrrole nitrogens is 1. The van der Waals surface area contributed by atoms with Gasteiger partial charge in [-0.25, -0.2) is 0 Å². The summed E-state index contributed by atoms with van der Waals surface area (Å²) < 4.78 is 0. The summed E-state index contributed by atoms with van der Waals surface area (Å²) in [7, 11) is 0. The molecule has 0 saturated carbocycles. The molecule has 0 saturated heterocycles. The van der Waals surface area contributed by atoms with Crippen molar-refractivity contribution in [3.05, 3.63) is 48.3 Å². The predicted octanol–water partition coefficient (Wildman–Crippen LogP) is 2.18. The minimum absolute atomic E-state index is 0.0387. The molecule has 0 spiro atoms. The van der Waals surface area contributed by atoms with E-state index in [9.17, 15) is 4.79 Å². The Bertz CT molecular complexity index is 470. The predicted molar refractivity (Wildman–Crippen MR) is 66.9 cm³/mol. The first kappa shape index (κ1) is 11.7. The Balaban J connectivity index is 2.23. The van der Waals surface area contributed by atoms with Crippen molar-refractivity contribution in [1.82, 2.24) is 10.2 Å². The van der Waals surface area contributed by atoms with Crippen molar-refractivity contribution >= 4 is 23.2 Å². The lowest BCUT2D eigenvalue weighted by molar-refractivity contribution is -0.116. The molecular formula is C12H12ClN3O. The lowest BCUT2D eigenvalue weighted by atomic mass is 10.2. The number of amides is 1. The average molecular weight is 250 g/mol. The molecule has 1 heterocycles. The number of hydrogen-bond acceptors (Lipinski definition) is 2. The number of rotatable bonds is 4. The summed E-state index contributed by atoms with van der Waals surface area (Å²) in [5, 5.41) is 6.69. The lowest BCUT2D eigenvalue weighted by Gasteiger charge is -2.21. The zero-order valence-electron chi connectivity index (χ0n) is 9.14. The molecule has 0 fully saturated rings. The Hall–Kier alpha value is -1.81. The van der Waals surface area contributed by atoms with Crippen LogP contribution in [0, 0.1) is 0 Å². The van der Waals surface area contributed by atoms with Crippen molar-refractivity contribution < 1.29 is 4.79 Å². The molecule has 0 radical (unpaired) electrons. The molecule has 0 atom stereocenters. The summed E-state index contributed by atoms with van der Waals surface area (Å²) in [6.07, 6.45) is 1.66. The van der Waals surface area contributed by atoms with Crippen LogP contribution >= 0.6 is 11.6 Å². The topological polar surface area (TPSA) is 49.0 Å². The van der Waals surface area contributed by atoms with Crippen molar-refractivity contribution in [2.75, 3.05) is 10.8 Å². The van der Waals surface area contributed by atoms with Gasteiger partial charge in [0.2, 0.25) is 5.91 Å². The maximum atomic E-state index is 11.8. The van der Waals surface area contributed by atoms with Gasteiger partial charge >= 0.3 is 0 Å². The first-order valence-corrected chi connectivity index (χ1v) is 5.74. The Morgan fingerprint density at radius 2 is 2.06 bits per heavy atom. The number of aromatic amines is 1. The van der Waals surface area contributed by atoms with Gasteiger partial charge < -0.3 is 4.90 Å². The monoisotopic (exact) mass is 249 g/mol. The van der Waals surface area contributed by atoms with Gasteiger partial charge in [-0.1, -0.05) is 18.2 Å². The van der Waals surface area contributed by atoms with E-state index in [0.29, 0.717) is 6.54 Å². The number of nitrogens with zero attached hydrogens (tertiary/aromatic N) is 2. The first-order valence-electron chi connectivity index (χ1n) is 5.21. The highest BCUT2D eigenvalue weighted by Gasteiger charge is 2.15. The van der Waals surface area contributed by atoms with E-state index in [1.165, 1.54) is 0 Å². The number of hydrogen-bond donors (Lipinski definition) is 1. The van der Waals surface area contributed by atoms with Crippen LogP contribution in [0.1, 0.15) is 5.69 Å². The van der Waals surface area contributed by atoms with E-state index in [0.717, 1.165) is 11.4 Å². The Kier molecular flexibility index (Phi) is 3.77. The fourth-order valence-corrected chi connectivity index (χ4v) is 1.69. The summed E-state index contributed by atoms with van der Waals surface area (Å²) in [4.78, 5) is 13.4. The highest BCUT2D eigenvalue weighted by molar-refractivity contribution is 6.29. The van der Waals surface area contributed by atoms with Gasteiger partial charge in [-0.15, -0.1) is 11.6 Å². The molecule has 1 aromatic carbocycles. The molecule has 1 amide bonds. The highest BCUT2D eigenvalue weighted by Crippen LogP contribution is 2.16. The van der Waals surface area contributed by atoms with Gasteiger partial charge in [-0.05, 0) is 18.2 Å². The van der Waals surface area contributed by atoms with Crippen LogP contribution in [-0.2, 0) is 11.3 Å². The summed E-state index contributed by atoms with van der Waals surface area (Å²) in [5.74, 6) is -0.171. The summed E-state index contributed by atoms with van der Waals surface area (Å²) in [6.45, 7) is 0.440. The first-order chi connectivity index (χ1) is 8.31. The second-order valence-corrected chi connectivity index (χ2v) is 3.80. The number of alkyl halides is 1. The minimum atomic E-state index is -0.132. The van der Waals surface area contributed by atoms with Crippen LogP contribution in [0.3, 0.4) is 0 Å². The van der Waals surface area contributed by atoms with E-state index in [4.69, 9.17) is 11.6 Å². The largest absolute Gasteiger partial charge is 0.305 e. The van der Waals surface area contributed by atoms with Crippen LogP contribution in [0.25, 0.3) is 0 Å². The van der Waals surface area contributed by atoms with E-state index >= 15 is 0 Å². The zero-order chi connectivity index (χ0) is 12.1. The van der Waals surface area contributed by atoms with Gasteiger partial charge in [-0.3, -0.25) is 9.89 Å². The summed E-state index contributed by atoms with van der Waals surface area (Å²) >= 11 is 5.62. The molecule has 0 aliphatic carbocycles.